The lowest BCUT2D eigenvalue weighted by molar-refractivity contribution is 0.0982. The Bertz CT molecular complexity index is 1710. The zero-order valence-corrected chi connectivity index (χ0v) is 31.4. The molecule has 2 fully saturated rings. The summed E-state index contributed by atoms with van der Waals surface area (Å²) in [6.45, 7) is 9.27. The van der Waals surface area contributed by atoms with Gasteiger partial charge in [0.05, 0.1) is 41.5 Å². The van der Waals surface area contributed by atoms with Gasteiger partial charge in [0, 0.05) is 75.9 Å². The molecule has 3 aromatic rings. The number of piperidine rings is 1. The number of nitrogens with zero attached hydrogens (tertiary/aromatic N) is 6. The highest BCUT2D eigenvalue weighted by molar-refractivity contribution is 9.10. The minimum atomic E-state index is -3.55. The average molecular weight is 758 g/mol. The van der Waals surface area contributed by atoms with Crippen molar-refractivity contribution in [3.8, 4) is 11.5 Å². The van der Waals surface area contributed by atoms with Crippen LogP contribution < -0.4 is 29.3 Å². The third-order valence-corrected chi connectivity index (χ3v) is 11.6. The number of ether oxygens (including phenoxy) is 2. The highest BCUT2D eigenvalue weighted by atomic mass is 79.9. The molecule has 4 aliphatic heterocycles. The molecule has 0 unspecified atom stereocenters. The summed E-state index contributed by atoms with van der Waals surface area (Å²) in [5.74, 6) is 2.22. The Kier molecular flexibility index (Phi) is 11.4. The number of sulfonamides is 1. The van der Waals surface area contributed by atoms with Gasteiger partial charge < -0.3 is 29.9 Å². The van der Waals surface area contributed by atoms with E-state index in [4.69, 9.17) is 14.5 Å². The van der Waals surface area contributed by atoms with Crippen LogP contribution in [0.5, 0.6) is 11.5 Å². The van der Waals surface area contributed by atoms with Crippen LogP contribution in [0.25, 0.3) is 0 Å². The number of nitrogens with one attached hydrogen (secondary N) is 2. The lowest BCUT2D eigenvalue weighted by atomic mass is 9.98. The third kappa shape index (κ3) is 8.53. The zero-order chi connectivity index (χ0) is 34.5. The van der Waals surface area contributed by atoms with E-state index >= 15 is 0 Å². The monoisotopic (exact) mass is 756 g/mol. The average Bonchev–Trinajstić information content (AvgIpc) is 3.08. The minimum absolute atomic E-state index is 0.265. The fourth-order valence-corrected chi connectivity index (χ4v) is 8.35. The molecule has 0 aliphatic carbocycles. The van der Waals surface area contributed by atoms with E-state index in [1.807, 2.05) is 19.1 Å². The lowest BCUT2D eigenvalue weighted by Crippen LogP contribution is -2.52. The van der Waals surface area contributed by atoms with Gasteiger partial charge in [0.2, 0.25) is 16.0 Å². The normalized spacial score (nSPS) is 18.5. The van der Waals surface area contributed by atoms with E-state index in [2.05, 4.69) is 65.4 Å². The second kappa shape index (κ2) is 15.7. The molecule has 2 N–H and O–H groups in total. The van der Waals surface area contributed by atoms with Crippen molar-refractivity contribution in [1.29, 1.82) is 0 Å². The van der Waals surface area contributed by atoms with Gasteiger partial charge in [-0.3, -0.25) is 9.21 Å². The Labute approximate surface area is 299 Å². The first-order valence-electron chi connectivity index (χ1n) is 17.3. The summed E-state index contributed by atoms with van der Waals surface area (Å²) in [7, 11) is 0.362. The highest BCUT2D eigenvalue weighted by Crippen LogP contribution is 2.39. The fraction of sp³-hybridized carbons (Fsp3) is 0.543. The largest absolute Gasteiger partial charge is 0.494 e. The second-order valence-corrected chi connectivity index (χ2v) is 15.9. The van der Waals surface area contributed by atoms with Crippen LogP contribution in [-0.4, -0.2) is 107 Å². The molecule has 12 nitrogen and oxygen atoms in total. The zero-order valence-electron chi connectivity index (χ0n) is 29.0. The van der Waals surface area contributed by atoms with Gasteiger partial charge in [-0.1, -0.05) is 0 Å². The Morgan fingerprint density at radius 2 is 1.80 bits per heavy atom. The highest BCUT2D eigenvalue weighted by Gasteiger charge is 2.28. The van der Waals surface area contributed by atoms with E-state index < -0.39 is 10.0 Å². The number of hydrogen-bond acceptors (Lipinski definition) is 11. The van der Waals surface area contributed by atoms with Crippen LogP contribution in [0, 0.1) is 0 Å². The van der Waals surface area contributed by atoms with Crippen molar-refractivity contribution in [2.24, 2.45) is 0 Å². The number of fused-ring (bicyclic) bond motifs is 7. The SMILES string of the molecule is CCN(c1cc2ccc1Nc1nc(ncc1Br)Nc1cc(c(N3CCC(N4CCN(C)CC4)CC3)cc1OC)CCCCCO2)S(C)(=O)=O. The van der Waals surface area contributed by atoms with Crippen LogP contribution in [0.3, 0.4) is 0 Å². The summed E-state index contributed by atoms with van der Waals surface area (Å²) in [4.78, 5) is 17.0. The molecule has 4 aliphatic rings. The summed E-state index contributed by atoms with van der Waals surface area (Å²) < 4.78 is 39.6. The molecule has 5 heterocycles. The Balaban J connectivity index is 1.30. The van der Waals surface area contributed by atoms with E-state index in [-0.39, 0.29) is 6.54 Å². The minimum Gasteiger partial charge on any atom is -0.494 e. The molecule has 1 aromatic heterocycles. The number of methoxy groups -OCH3 is 1. The van der Waals surface area contributed by atoms with Gasteiger partial charge in [-0.05, 0) is 92.2 Å². The number of halogens is 1. The maximum atomic E-state index is 12.8. The molecular weight excluding hydrogens is 708 g/mol. The lowest BCUT2D eigenvalue weighted by Gasteiger charge is -2.43. The molecule has 266 valence electrons. The number of benzene rings is 2. The number of piperazine rings is 1. The molecule has 0 radical (unpaired) electrons. The molecule has 0 spiro atoms. The van der Waals surface area contributed by atoms with Gasteiger partial charge in [-0.15, -0.1) is 0 Å². The quantitative estimate of drug-likeness (QED) is 0.316. The number of likely N-dealkylation sites (N-methyl/N-ethyl adjacent to an activating group) is 1. The number of anilines is 6. The molecule has 2 saturated heterocycles. The smallest absolute Gasteiger partial charge is 0.232 e. The van der Waals surface area contributed by atoms with Gasteiger partial charge in [0.1, 0.15) is 17.3 Å². The Morgan fingerprint density at radius 1 is 1.02 bits per heavy atom. The summed E-state index contributed by atoms with van der Waals surface area (Å²) in [6, 6.07) is 10.5. The maximum absolute atomic E-state index is 12.8. The van der Waals surface area contributed by atoms with Crippen molar-refractivity contribution in [3.63, 3.8) is 0 Å². The Morgan fingerprint density at radius 3 is 2.51 bits per heavy atom. The summed E-state index contributed by atoms with van der Waals surface area (Å²) >= 11 is 3.58. The summed E-state index contributed by atoms with van der Waals surface area (Å²) in [5, 5.41) is 6.76. The molecule has 6 bridgehead atoms. The van der Waals surface area contributed by atoms with Gasteiger partial charge in [-0.2, -0.15) is 4.98 Å². The summed E-state index contributed by atoms with van der Waals surface area (Å²) in [6.07, 6.45) is 9.00. The molecule has 0 amide bonds. The van der Waals surface area contributed by atoms with Crippen molar-refractivity contribution in [2.45, 2.75) is 51.5 Å². The van der Waals surface area contributed by atoms with Crippen molar-refractivity contribution in [3.05, 3.63) is 46.6 Å². The van der Waals surface area contributed by atoms with Crippen LogP contribution in [0.2, 0.25) is 0 Å². The van der Waals surface area contributed by atoms with Crippen LogP contribution in [0.4, 0.5) is 34.5 Å². The number of rotatable bonds is 6. The van der Waals surface area contributed by atoms with Gasteiger partial charge in [0.25, 0.3) is 0 Å². The molecule has 14 heteroatoms. The van der Waals surface area contributed by atoms with E-state index in [1.165, 1.54) is 21.8 Å². The maximum Gasteiger partial charge on any atom is 0.232 e. The molecule has 7 rings (SSSR count). The predicted molar refractivity (Wildman–Crippen MR) is 201 cm³/mol. The van der Waals surface area contributed by atoms with Crippen molar-refractivity contribution < 1.29 is 17.9 Å². The third-order valence-electron chi connectivity index (χ3n) is 9.79. The topological polar surface area (TPSA) is 115 Å². The van der Waals surface area contributed by atoms with Crippen LogP contribution in [0.15, 0.2) is 41.0 Å². The van der Waals surface area contributed by atoms with E-state index in [0.29, 0.717) is 46.0 Å². The van der Waals surface area contributed by atoms with Crippen LogP contribution in [-0.2, 0) is 16.4 Å². The number of aryl methyl sites for hydroxylation is 1. The van der Waals surface area contributed by atoms with Crippen molar-refractivity contribution in [1.82, 2.24) is 19.8 Å². The summed E-state index contributed by atoms with van der Waals surface area (Å²) in [5.41, 5.74) is 4.37. The first-order chi connectivity index (χ1) is 23.6. The van der Waals surface area contributed by atoms with Crippen molar-refractivity contribution >= 4 is 60.5 Å². The molecular formula is C35H49BrN8O4S. The van der Waals surface area contributed by atoms with E-state index in [0.717, 1.165) is 89.2 Å². The van der Waals surface area contributed by atoms with Gasteiger partial charge >= 0.3 is 0 Å². The predicted octanol–water partition coefficient (Wildman–Crippen LogP) is 5.84. The fourth-order valence-electron chi connectivity index (χ4n) is 7.08. The number of aromatic nitrogens is 2. The second-order valence-electron chi connectivity index (χ2n) is 13.1. The van der Waals surface area contributed by atoms with Crippen LogP contribution in [0.1, 0.15) is 44.6 Å². The first-order valence-corrected chi connectivity index (χ1v) is 20.0. The Hall–Kier alpha value is -3.33. The van der Waals surface area contributed by atoms with Crippen molar-refractivity contribution in [2.75, 3.05) is 92.7 Å². The molecule has 49 heavy (non-hydrogen) atoms. The standard InChI is InChI=1S/C35H49BrN8O4S/c1-5-44(49(4,45)46)32-22-27-10-11-29(32)38-34-28(36)24-37-35(40-34)39-30-21-25(9-7-6-8-20-48-27)31(23-33(30)47-3)43-14-12-26(13-15-43)42-18-16-41(2)17-19-42/h10-11,21-24,26H,5-9,12-20H2,1-4H3,(H2,37,38,39,40). The first kappa shape index (κ1) is 35.5. The van der Waals surface area contributed by atoms with Gasteiger partial charge in [0.15, 0.2) is 0 Å². The van der Waals surface area contributed by atoms with E-state index in [9.17, 15) is 8.42 Å². The molecule has 0 atom stereocenters. The molecule has 2 aromatic carbocycles. The molecule has 0 saturated carbocycles. The van der Waals surface area contributed by atoms with Crippen LogP contribution >= 0.6 is 15.9 Å². The number of hydrogen-bond donors (Lipinski definition) is 2. The van der Waals surface area contributed by atoms with Gasteiger partial charge in [-0.25, -0.2) is 13.4 Å². The van der Waals surface area contributed by atoms with E-state index in [1.54, 1.807) is 19.4 Å².